The Bertz CT molecular complexity index is 1080. The number of hydrogen-bond acceptors (Lipinski definition) is 7. The summed E-state index contributed by atoms with van der Waals surface area (Å²) in [7, 11) is 3.94. The molecule has 0 unspecified atom stereocenters. The molecule has 1 aliphatic carbocycles. The van der Waals surface area contributed by atoms with Gasteiger partial charge in [0.05, 0.1) is 0 Å². The van der Waals surface area contributed by atoms with Gasteiger partial charge in [0.15, 0.2) is 0 Å². The van der Waals surface area contributed by atoms with E-state index in [1.54, 1.807) is 18.3 Å². The van der Waals surface area contributed by atoms with E-state index in [9.17, 15) is 4.79 Å². The SMILES string of the molecule is Cc1cc(N(C)C)nc(N[C@H]2CC[C@@H](NC(=O)c3cccnc3Oc3ccccc3)CC2)n1. The number of para-hydroxylation sites is 1. The zero-order chi connectivity index (χ0) is 23.2. The highest BCUT2D eigenvalue weighted by molar-refractivity contribution is 5.96. The predicted octanol–water partition coefficient (Wildman–Crippen LogP) is 4.19. The third kappa shape index (κ3) is 5.97. The molecular weight excluding hydrogens is 416 g/mol. The molecule has 1 saturated carbocycles. The second-order valence-electron chi connectivity index (χ2n) is 8.52. The molecule has 1 aliphatic rings. The standard InChI is InChI=1S/C25H30N6O2/c1-17-16-22(31(2)3)30-25(27-17)29-19-13-11-18(12-14-19)28-23(32)21-10-7-15-26-24(21)33-20-8-5-4-6-9-20/h4-10,15-16,18-19H,11-14H2,1-3H3,(H,28,32)(H,27,29,30)/t18-,19+. The van der Waals surface area contributed by atoms with E-state index in [0.717, 1.165) is 37.2 Å². The molecule has 0 saturated heterocycles. The van der Waals surface area contributed by atoms with Crippen LogP contribution in [0, 0.1) is 6.92 Å². The van der Waals surface area contributed by atoms with Gasteiger partial charge in [-0.2, -0.15) is 4.98 Å². The van der Waals surface area contributed by atoms with Gasteiger partial charge in [-0.1, -0.05) is 18.2 Å². The number of aryl methyl sites for hydroxylation is 1. The van der Waals surface area contributed by atoms with Crippen LogP contribution in [0.25, 0.3) is 0 Å². The van der Waals surface area contributed by atoms with Crippen LogP contribution in [-0.2, 0) is 0 Å². The topological polar surface area (TPSA) is 92.3 Å². The molecule has 0 bridgehead atoms. The van der Waals surface area contributed by atoms with Crippen LogP contribution in [0.4, 0.5) is 11.8 Å². The summed E-state index contributed by atoms with van der Waals surface area (Å²) >= 11 is 0. The third-order valence-corrected chi connectivity index (χ3v) is 5.67. The summed E-state index contributed by atoms with van der Waals surface area (Å²) in [6, 6.07) is 15.2. The number of hydrogen-bond donors (Lipinski definition) is 2. The highest BCUT2D eigenvalue weighted by Gasteiger charge is 2.25. The lowest BCUT2D eigenvalue weighted by molar-refractivity contribution is 0.0923. The van der Waals surface area contributed by atoms with Gasteiger partial charge in [-0.3, -0.25) is 4.79 Å². The summed E-state index contributed by atoms with van der Waals surface area (Å²) in [4.78, 5) is 28.3. The first kappa shape index (κ1) is 22.5. The zero-order valence-corrected chi connectivity index (χ0v) is 19.3. The number of carbonyl (C=O) groups is 1. The minimum atomic E-state index is -0.164. The zero-order valence-electron chi connectivity index (χ0n) is 19.3. The van der Waals surface area contributed by atoms with Crippen LogP contribution >= 0.6 is 0 Å². The number of nitrogens with zero attached hydrogens (tertiary/aromatic N) is 4. The number of aromatic nitrogens is 3. The fourth-order valence-corrected chi connectivity index (χ4v) is 3.92. The summed E-state index contributed by atoms with van der Waals surface area (Å²) in [5.41, 5.74) is 1.37. The molecule has 0 atom stereocenters. The molecule has 2 aromatic heterocycles. The molecule has 8 heteroatoms. The molecule has 8 nitrogen and oxygen atoms in total. The monoisotopic (exact) mass is 446 g/mol. The van der Waals surface area contributed by atoms with Crippen molar-refractivity contribution in [3.63, 3.8) is 0 Å². The Balaban J connectivity index is 1.33. The summed E-state index contributed by atoms with van der Waals surface area (Å²) < 4.78 is 5.84. The van der Waals surface area contributed by atoms with Crippen molar-refractivity contribution in [1.82, 2.24) is 20.3 Å². The highest BCUT2D eigenvalue weighted by atomic mass is 16.5. The van der Waals surface area contributed by atoms with Gasteiger partial charge in [0.1, 0.15) is 17.1 Å². The number of pyridine rings is 1. The molecule has 0 aliphatic heterocycles. The highest BCUT2D eigenvalue weighted by Crippen LogP contribution is 2.25. The first-order valence-electron chi connectivity index (χ1n) is 11.3. The largest absolute Gasteiger partial charge is 0.438 e. The van der Waals surface area contributed by atoms with Crippen LogP contribution < -0.4 is 20.3 Å². The van der Waals surface area contributed by atoms with Crippen molar-refractivity contribution in [3.8, 4) is 11.6 Å². The molecule has 1 aromatic carbocycles. The average Bonchev–Trinajstić information content (AvgIpc) is 2.81. The first-order valence-corrected chi connectivity index (χ1v) is 11.3. The number of carbonyl (C=O) groups excluding carboxylic acids is 1. The van der Waals surface area contributed by atoms with Crippen LogP contribution in [0.5, 0.6) is 11.6 Å². The quantitative estimate of drug-likeness (QED) is 0.562. The predicted molar refractivity (Wildman–Crippen MR) is 129 cm³/mol. The van der Waals surface area contributed by atoms with Crippen LogP contribution in [0.1, 0.15) is 41.7 Å². The van der Waals surface area contributed by atoms with Crippen molar-refractivity contribution in [2.75, 3.05) is 24.3 Å². The van der Waals surface area contributed by atoms with E-state index >= 15 is 0 Å². The smallest absolute Gasteiger partial charge is 0.257 e. The van der Waals surface area contributed by atoms with E-state index in [-0.39, 0.29) is 18.0 Å². The molecule has 1 fully saturated rings. The maximum atomic E-state index is 13.0. The molecule has 3 aromatic rings. The summed E-state index contributed by atoms with van der Waals surface area (Å²) in [5, 5.41) is 6.62. The Labute approximate surface area is 194 Å². The molecule has 1 amide bonds. The molecule has 0 radical (unpaired) electrons. The second kappa shape index (κ2) is 10.3. The molecule has 0 spiro atoms. The Morgan fingerprint density at radius 3 is 2.45 bits per heavy atom. The van der Waals surface area contributed by atoms with E-state index in [1.807, 2.05) is 62.3 Å². The normalized spacial score (nSPS) is 17.8. The second-order valence-corrected chi connectivity index (χ2v) is 8.52. The molecule has 172 valence electrons. The minimum Gasteiger partial charge on any atom is -0.438 e. The first-order chi connectivity index (χ1) is 16.0. The maximum Gasteiger partial charge on any atom is 0.257 e. The van der Waals surface area contributed by atoms with Crippen molar-refractivity contribution >= 4 is 17.7 Å². The Morgan fingerprint density at radius 1 is 1.00 bits per heavy atom. The van der Waals surface area contributed by atoms with Gasteiger partial charge in [-0.05, 0) is 56.9 Å². The van der Waals surface area contributed by atoms with E-state index in [1.165, 1.54) is 0 Å². The molecule has 2 N–H and O–H groups in total. The average molecular weight is 447 g/mol. The summed E-state index contributed by atoms with van der Waals surface area (Å²) in [6.07, 6.45) is 5.25. The lowest BCUT2D eigenvalue weighted by atomic mass is 9.91. The van der Waals surface area contributed by atoms with E-state index in [4.69, 9.17) is 4.74 Å². The van der Waals surface area contributed by atoms with Crippen LogP contribution in [0.2, 0.25) is 0 Å². The fraction of sp³-hybridized carbons (Fsp3) is 0.360. The number of amides is 1. The van der Waals surface area contributed by atoms with E-state index < -0.39 is 0 Å². The van der Waals surface area contributed by atoms with Gasteiger partial charge < -0.3 is 20.3 Å². The van der Waals surface area contributed by atoms with Gasteiger partial charge in [-0.15, -0.1) is 0 Å². The van der Waals surface area contributed by atoms with Crippen molar-refractivity contribution in [3.05, 3.63) is 66.0 Å². The minimum absolute atomic E-state index is 0.107. The molecule has 33 heavy (non-hydrogen) atoms. The van der Waals surface area contributed by atoms with Crippen molar-refractivity contribution in [1.29, 1.82) is 0 Å². The Kier molecular flexibility index (Phi) is 7.02. The lowest BCUT2D eigenvalue weighted by Gasteiger charge is -2.30. The van der Waals surface area contributed by atoms with E-state index in [0.29, 0.717) is 23.1 Å². The van der Waals surface area contributed by atoms with Gasteiger partial charge >= 0.3 is 0 Å². The summed E-state index contributed by atoms with van der Waals surface area (Å²) in [5.74, 6) is 2.33. The van der Waals surface area contributed by atoms with Gasteiger partial charge in [0.25, 0.3) is 5.91 Å². The lowest BCUT2D eigenvalue weighted by Crippen LogP contribution is -2.40. The number of benzene rings is 1. The number of ether oxygens (including phenoxy) is 1. The van der Waals surface area contributed by atoms with Gasteiger partial charge in [-0.25, -0.2) is 9.97 Å². The van der Waals surface area contributed by atoms with Crippen molar-refractivity contribution in [2.24, 2.45) is 0 Å². The molecular formula is C25H30N6O2. The van der Waals surface area contributed by atoms with Crippen LogP contribution in [0.15, 0.2) is 54.7 Å². The van der Waals surface area contributed by atoms with Crippen molar-refractivity contribution in [2.45, 2.75) is 44.7 Å². The number of anilines is 2. The third-order valence-electron chi connectivity index (χ3n) is 5.67. The molecule has 4 rings (SSSR count). The van der Waals surface area contributed by atoms with Crippen molar-refractivity contribution < 1.29 is 9.53 Å². The van der Waals surface area contributed by atoms with E-state index in [2.05, 4.69) is 25.6 Å². The Hall–Kier alpha value is -3.68. The van der Waals surface area contributed by atoms with Gasteiger partial charge in [0.2, 0.25) is 11.8 Å². The summed E-state index contributed by atoms with van der Waals surface area (Å²) in [6.45, 7) is 1.97. The number of nitrogens with one attached hydrogen (secondary N) is 2. The van der Waals surface area contributed by atoms with Gasteiger partial charge in [0, 0.05) is 44.1 Å². The van der Waals surface area contributed by atoms with Crippen LogP contribution in [0.3, 0.4) is 0 Å². The fourth-order valence-electron chi connectivity index (χ4n) is 3.92. The maximum absolute atomic E-state index is 13.0. The number of rotatable bonds is 7. The van der Waals surface area contributed by atoms with Crippen LogP contribution in [-0.4, -0.2) is 47.0 Å². The Morgan fingerprint density at radius 2 is 1.73 bits per heavy atom. The molecule has 2 heterocycles.